The van der Waals surface area contributed by atoms with Gasteiger partial charge in [0.1, 0.15) is 6.54 Å². The van der Waals surface area contributed by atoms with E-state index in [1.165, 1.54) is 34.2 Å². The molecule has 2 aliphatic rings. The smallest absolute Gasteiger partial charge is 0.254 e. The Hall–Kier alpha value is -2.31. The molecule has 5 nitrogen and oxygen atoms in total. The van der Waals surface area contributed by atoms with E-state index in [4.69, 9.17) is 11.6 Å². The van der Waals surface area contributed by atoms with Gasteiger partial charge in [-0.2, -0.15) is 0 Å². The summed E-state index contributed by atoms with van der Waals surface area (Å²) >= 11 is 7.51. The molecule has 1 atom stereocenters. The fourth-order valence-corrected chi connectivity index (χ4v) is 4.60. The van der Waals surface area contributed by atoms with E-state index < -0.39 is 5.25 Å². The minimum Gasteiger partial charge on any atom is -0.325 e. The number of benzene rings is 2. The van der Waals surface area contributed by atoms with Gasteiger partial charge in [0.05, 0.1) is 16.0 Å². The van der Waals surface area contributed by atoms with Crippen LogP contribution >= 0.6 is 23.4 Å². The van der Waals surface area contributed by atoms with Gasteiger partial charge in [0.15, 0.2) is 5.17 Å². The van der Waals surface area contributed by atoms with E-state index in [1.807, 2.05) is 25.1 Å². The lowest BCUT2D eigenvalue weighted by Gasteiger charge is -2.21. The average molecular weight is 414 g/mol. The van der Waals surface area contributed by atoms with Crippen molar-refractivity contribution in [1.82, 2.24) is 0 Å². The van der Waals surface area contributed by atoms with Crippen molar-refractivity contribution in [2.45, 2.75) is 31.4 Å². The maximum Gasteiger partial charge on any atom is 0.254 e. The number of nitrogens with zero attached hydrogens (tertiary/aromatic N) is 2. The second-order valence-electron chi connectivity index (χ2n) is 6.87. The predicted molar refractivity (Wildman–Crippen MR) is 115 cm³/mol. The highest BCUT2D eigenvalue weighted by Gasteiger charge is 2.31. The summed E-state index contributed by atoms with van der Waals surface area (Å²) in [6.07, 6.45) is 3.35. The molecule has 28 heavy (non-hydrogen) atoms. The normalized spacial score (nSPS) is 16.7. The monoisotopic (exact) mass is 413 g/mol. The summed E-state index contributed by atoms with van der Waals surface area (Å²) in [7, 11) is 0. The number of fused-ring (bicyclic) bond motifs is 1. The van der Waals surface area contributed by atoms with Gasteiger partial charge in [0.2, 0.25) is 5.91 Å². The number of hydrogen-bond donors (Lipinski definition) is 1. The zero-order chi connectivity index (χ0) is 19.7. The number of hydrogen-bond acceptors (Lipinski definition) is 4. The maximum atomic E-state index is 12.7. The van der Waals surface area contributed by atoms with Crippen molar-refractivity contribution in [3.8, 4) is 0 Å². The molecule has 0 spiro atoms. The van der Waals surface area contributed by atoms with Gasteiger partial charge in [-0.15, -0.1) is 0 Å². The molecule has 144 valence electrons. The number of aryl methyl sites for hydroxylation is 2. The average Bonchev–Trinajstić information content (AvgIpc) is 3.28. The molecule has 2 amide bonds. The molecule has 1 aliphatic heterocycles. The number of para-hydroxylation sites is 1. The highest BCUT2D eigenvalue weighted by Crippen LogP contribution is 2.32. The fourth-order valence-electron chi connectivity index (χ4n) is 3.45. The molecular formula is C21H20ClN3O2S. The summed E-state index contributed by atoms with van der Waals surface area (Å²) in [6.45, 7) is 1.87. The number of nitrogens with one attached hydrogen (secondary N) is 1. The number of aliphatic imine (C=N–C) groups is 1. The first kappa shape index (κ1) is 19.0. The largest absolute Gasteiger partial charge is 0.325 e. The summed E-state index contributed by atoms with van der Waals surface area (Å²) in [4.78, 5) is 30.8. The van der Waals surface area contributed by atoms with E-state index in [-0.39, 0.29) is 18.4 Å². The zero-order valence-corrected chi connectivity index (χ0v) is 17.0. The van der Waals surface area contributed by atoms with Gasteiger partial charge in [-0.3, -0.25) is 19.5 Å². The molecule has 1 aliphatic carbocycles. The van der Waals surface area contributed by atoms with Crippen molar-refractivity contribution < 1.29 is 9.59 Å². The number of rotatable bonds is 4. The van der Waals surface area contributed by atoms with Gasteiger partial charge in [-0.25, -0.2) is 0 Å². The molecule has 0 saturated heterocycles. The van der Waals surface area contributed by atoms with Crippen LogP contribution in [0, 0.1) is 0 Å². The molecule has 0 radical (unpaired) electrons. The lowest BCUT2D eigenvalue weighted by atomic mass is 10.1. The molecule has 1 N–H and O–H groups in total. The molecule has 0 aromatic heterocycles. The highest BCUT2D eigenvalue weighted by atomic mass is 35.5. The Balaban J connectivity index is 1.45. The number of halogens is 1. The number of amidine groups is 1. The van der Waals surface area contributed by atoms with Crippen LogP contribution in [0.5, 0.6) is 0 Å². The molecule has 2 aromatic rings. The van der Waals surface area contributed by atoms with E-state index in [9.17, 15) is 9.59 Å². The number of amides is 2. The quantitative estimate of drug-likeness (QED) is 0.813. The molecule has 0 unspecified atom stereocenters. The topological polar surface area (TPSA) is 61.8 Å². The van der Waals surface area contributed by atoms with Gasteiger partial charge in [-0.05, 0) is 61.6 Å². The van der Waals surface area contributed by atoms with E-state index in [0.29, 0.717) is 15.9 Å². The number of carbonyl (C=O) groups excluding carboxylic acids is 2. The van der Waals surface area contributed by atoms with Crippen molar-refractivity contribution >= 4 is 51.7 Å². The van der Waals surface area contributed by atoms with Crippen LogP contribution in [0.3, 0.4) is 0 Å². The molecule has 0 bridgehead atoms. The first-order valence-corrected chi connectivity index (χ1v) is 10.5. The standard InChI is InChI=1S/C21H20ClN3O2S/c1-13(20(27)24-16-10-9-14-5-4-6-15(14)11-16)28-21-23-12-19(26)25(21)18-8-3-2-7-17(18)22/h2-3,7-11,13H,4-6,12H2,1H3,(H,24,27)/t13-/m0/s1. The Bertz CT molecular complexity index is 976. The van der Waals surface area contributed by atoms with E-state index in [2.05, 4.69) is 22.4 Å². The van der Waals surface area contributed by atoms with Crippen molar-refractivity contribution in [3.05, 3.63) is 58.6 Å². The van der Waals surface area contributed by atoms with Crippen LogP contribution in [-0.4, -0.2) is 28.8 Å². The Labute approximate surface area is 173 Å². The predicted octanol–water partition coefficient (Wildman–Crippen LogP) is 4.29. The van der Waals surface area contributed by atoms with E-state index >= 15 is 0 Å². The molecule has 1 heterocycles. The molecule has 7 heteroatoms. The third-order valence-electron chi connectivity index (χ3n) is 4.90. The van der Waals surface area contributed by atoms with Crippen LogP contribution in [0.15, 0.2) is 47.5 Å². The van der Waals surface area contributed by atoms with Crippen molar-refractivity contribution in [2.75, 3.05) is 16.8 Å². The van der Waals surface area contributed by atoms with E-state index in [1.54, 1.807) is 12.1 Å². The van der Waals surface area contributed by atoms with Crippen molar-refractivity contribution in [1.29, 1.82) is 0 Å². The lowest BCUT2D eigenvalue weighted by Crippen LogP contribution is -2.33. The lowest BCUT2D eigenvalue weighted by molar-refractivity contribution is -0.116. The van der Waals surface area contributed by atoms with Gasteiger partial charge in [0.25, 0.3) is 5.91 Å². The molecule has 0 saturated carbocycles. The second kappa shape index (κ2) is 7.97. The van der Waals surface area contributed by atoms with Crippen LogP contribution in [0.4, 0.5) is 11.4 Å². The van der Waals surface area contributed by atoms with Gasteiger partial charge < -0.3 is 5.32 Å². The first-order chi connectivity index (χ1) is 13.5. The van der Waals surface area contributed by atoms with Crippen LogP contribution in [0.2, 0.25) is 5.02 Å². The first-order valence-electron chi connectivity index (χ1n) is 9.24. The van der Waals surface area contributed by atoms with Crippen molar-refractivity contribution in [2.24, 2.45) is 4.99 Å². The summed E-state index contributed by atoms with van der Waals surface area (Å²) < 4.78 is 0. The SMILES string of the molecule is C[C@H](SC1=NCC(=O)N1c1ccccc1Cl)C(=O)Nc1ccc2c(c1)CCC2. The third kappa shape index (κ3) is 3.80. The molecule has 0 fully saturated rings. The van der Waals surface area contributed by atoms with Crippen LogP contribution < -0.4 is 10.2 Å². The molecule has 2 aromatic carbocycles. The number of thioether (sulfide) groups is 1. The summed E-state index contributed by atoms with van der Waals surface area (Å²) in [5.74, 6) is -0.272. The molecular weight excluding hydrogens is 394 g/mol. The highest BCUT2D eigenvalue weighted by molar-refractivity contribution is 8.15. The zero-order valence-electron chi connectivity index (χ0n) is 15.4. The summed E-state index contributed by atoms with van der Waals surface area (Å²) in [5, 5.41) is 3.53. The minimum absolute atomic E-state index is 0.0622. The van der Waals surface area contributed by atoms with Gasteiger partial charge >= 0.3 is 0 Å². The van der Waals surface area contributed by atoms with Crippen LogP contribution in [0.25, 0.3) is 0 Å². The van der Waals surface area contributed by atoms with Crippen LogP contribution in [0.1, 0.15) is 24.5 Å². The maximum absolute atomic E-state index is 12.7. The van der Waals surface area contributed by atoms with Gasteiger partial charge in [-0.1, -0.05) is 41.6 Å². The number of anilines is 2. The Morgan fingerprint density at radius 2 is 2.00 bits per heavy atom. The second-order valence-corrected chi connectivity index (χ2v) is 8.58. The minimum atomic E-state index is -0.414. The summed E-state index contributed by atoms with van der Waals surface area (Å²) in [6, 6.07) is 13.2. The van der Waals surface area contributed by atoms with Crippen molar-refractivity contribution in [3.63, 3.8) is 0 Å². The number of carbonyl (C=O) groups is 2. The fraction of sp³-hybridized carbons (Fsp3) is 0.286. The Morgan fingerprint density at radius 1 is 1.21 bits per heavy atom. The summed E-state index contributed by atoms with van der Waals surface area (Å²) in [5.41, 5.74) is 4.08. The Morgan fingerprint density at radius 3 is 2.82 bits per heavy atom. The Kier molecular flexibility index (Phi) is 5.42. The van der Waals surface area contributed by atoms with Gasteiger partial charge in [0, 0.05) is 5.69 Å². The molecule has 4 rings (SSSR count). The van der Waals surface area contributed by atoms with Crippen LogP contribution in [-0.2, 0) is 22.4 Å². The van der Waals surface area contributed by atoms with E-state index in [0.717, 1.165) is 18.5 Å². The third-order valence-corrected chi connectivity index (χ3v) is 6.31.